The molecule has 120 valence electrons. The molecule has 1 aromatic carbocycles. The molecule has 0 unspecified atom stereocenters. The second-order valence-electron chi connectivity index (χ2n) is 6.50. The topological polar surface area (TPSA) is 41.6 Å². The molecule has 1 amide bonds. The zero-order valence-electron chi connectivity index (χ0n) is 13.4. The van der Waals surface area contributed by atoms with Gasteiger partial charge in [0.2, 0.25) is 5.91 Å². The molecule has 2 aliphatic rings. The zero-order chi connectivity index (χ0) is 15.4. The number of nitrogens with one attached hydrogen (secondary N) is 1. The van der Waals surface area contributed by atoms with Crippen molar-refractivity contribution in [2.45, 2.75) is 51.2 Å². The molecule has 0 aliphatic carbocycles. The molecule has 1 atom stereocenters. The summed E-state index contributed by atoms with van der Waals surface area (Å²) >= 11 is 0. The lowest BCUT2D eigenvalue weighted by molar-refractivity contribution is -0.120. The van der Waals surface area contributed by atoms with Gasteiger partial charge in [0.15, 0.2) is 0 Å². The number of ether oxygens (including phenoxy) is 1. The second kappa shape index (κ2) is 7.14. The number of benzene rings is 1. The smallest absolute Gasteiger partial charge is 0.220 e. The third-order valence-corrected chi connectivity index (χ3v) is 4.82. The quantitative estimate of drug-likeness (QED) is 0.933. The van der Waals surface area contributed by atoms with Crippen LogP contribution in [0.3, 0.4) is 0 Å². The molecule has 4 heteroatoms. The molecule has 4 nitrogen and oxygen atoms in total. The average Bonchev–Trinajstić information content (AvgIpc) is 2.75. The van der Waals surface area contributed by atoms with Gasteiger partial charge in [-0.05, 0) is 44.7 Å². The molecule has 2 fully saturated rings. The Kier molecular flexibility index (Phi) is 4.98. The highest BCUT2D eigenvalue weighted by atomic mass is 16.5. The molecule has 0 spiro atoms. The van der Waals surface area contributed by atoms with E-state index in [1.165, 1.54) is 5.56 Å². The van der Waals surface area contributed by atoms with Crippen molar-refractivity contribution in [1.82, 2.24) is 10.2 Å². The Morgan fingerprint density at radius 1 is 1.09 bits per heavy atom. The van der Waals surface area contributed by atoms with E-state index < -0.39 is 0 Å². The Labute approximate surface area is 132 Å². The summed E-state index contributed by atoms with van der Waals surface area (Å²) < 4.78 is 6.09. The van der Waals surface area contributed by atoms with Crippen LogP contribution in [0.1, 0.15) is 37.7 Å². The summed E-state index contributed by atoms with van der Waals surface area (Å²) in [5, 5.41) is 2.97. The lowest BCUT2D eigenvalue weighted by Crippen LogP contribution is -2.44. The van der Waals surface area contributed by atoms with Gasteiger partial charge in [-0.3, -0.25) is 4.79 Å². The average molecular weight is 302 g/mol. The van der Waals surface area contributed by atoms with Crippen molar-refractivity contribution in [2.24, 2.45) is 0 Å². The maximum absolute atomic E-state index is 11.4. The molecule has 0 radical (unpaired) electrons. The first kappa shape index (κ1) is 15.3. The molecular formula is C18H26N2O2. The normalized spacial score (nSPS) is 24.6. The van der Waals surface area contributed by atoms with E-state index in [9.17, 15) is 4.79 Å². The summed E-state index contributed by atoms with van der Waals surface area (Å²) in [5.41, 5.74) is 1.26. The summed E-state index contributed by atoms with van der Waals surface area (Å²) in [7, 11) is 0. The molecule has 0 bridgehead atoms. The van der Waals surface area contributed by atoms with Crippen molar-refractivity contribution in [2.75, 3.05) is 19.6 Å². The van der Waals surface area contributed by atoms with E-state index in [1.807, 2.05) is 0 Å². The van der Waals surface area contributed by atoms with E-state index in [4.69, 9.17) is 4.74 Å². The van der Waals surface area contributed by atoms with Gasteiger partial charge < -0.3 is 15.0 Å². The van der Waals surface area contributed by atoms with E-state index in [2.05, 4.69) is 41.4 Å². The first-order valence-corrected chi connectivity index (χ1v) is 8.45. The van der Waals surface area contributed by atoms with Gasteiger partial charge >= 0.3 is 0 Å². The summed E-state index contributed by atoms with van der Waals surface area (Å²) in [4.78, 5) is 14.0. The van der Waals surface area contributed by atoms with Gasteiger partial charge in [0.25, 0.3) is 0 Å². The number of amides is 1. The molecule has 0 aromatic heterocycles. The van der Waals surface area contributed by atoms with Crippen LogP contribution < -0.4 is 10.1 Å². The van der Waals surface area contributed by atoms with Crippen LogP contribution in [-0.2, 0) is 4.79 Å². The number of aryl methyl sites for hydroxylation is 1. The van der Waals surface area contributed by atoms with Crippen LogP contribution in [0, 0.1) is 6.92 Å². The predicted molar refractivity (Wildman–Crippen MR) is 87.1 cm³/mol. The Morgan fingerprint density at radius 2 is 1.82 bits per heavy atom. The van der Waals surface area contributed by atoms with Gasteiger partial charge in [-0.25, -0.2) is 0 Å². The van der Waals surface area contributed by atoms with Gasteiger partial charge in [-0.15, -0.1) is 0 Å². The second-order valence-corrected chi connectivity index (χ2v) is 6.50. The number of carbonyl (C=O) groups is 1. The van der Waals surface area contributed by atoms with Gasteiger partial charge in [0, 0.05) is 32.1 Å². The van der Waals surface area contributed by atoms with Crippen LogP contribution in [0.25, 0.3) is 0 Å². The fraction of sp³-hybridized carbons (Fsp3) is 0.611. The lowest BCUT2D eigenvalue weighted by atomic mass is 10.0. The van der Waals surface area contributed by atoms with E-state index in [-0.39, 0.29) is 5.91 Å². The summed E-state index contributed by atoms with van der Waals surface area (Å²) in [5.74, 6) is 1.19. The van der Waals surface area contributed by atoms with Crippen LogP contribution in [-0.4, -0.2) is 42.6 Å². The minimum atomic E-state index is 0.208. The van der Waals surface area contributed by atoms with Crippen molar-refractivity contribution in [3.8, 4) is 5.75 Å². The maximum atomic E-state index is 11.4. The van der Waals surface area contributed by atoms with Gasteiger partial charge in [0.1, 0.15) is 11.9 Å². The number of likely N-dealkylation sites (tertiary alicyclic amines) is 1. The molecule has 2 saturated heterocycles. The third-order valence-electron chi connectivity index (χ3n) is 4.82. The van der Waals surface area contributed by atoms with Crippen LogP contribution in [0.15, 0.2) is 24.3 Å². The number of piperidine rings is 1. The minimum absolute atomic E-state index is 0.208. The number of nitrogens with zero attached hydrogens (tertiary/aromatic N) is 1. The minimum Gasteiger partial charge on any atom is -0.490 e. The van der Waals surface area contributed by atoms with E-state index in [0.717, 1.165) is 51.1 Å². The molecule has 22 heavy (non-hydrogen) atoms. The number of hydrogen-bond donors (Lipinski definition) is 1. The maximum Gasteiger partial charge on any atom is 0.220 e. The molecule has 1 N–H and O–H groups in total. The third kappa shape index (κ3) is 4.01. The van der Waals surface area contributed by atoms with Crippen molar-refractivity contribution in [3.63, 3.8) is 0 Å². The Balaban J connectivity index is 1.47. The van der Waals surface area contributed by atoms with Crippen LogP contribution in [0.2, 0.25) is 0 Å². The molecule has 0 saturated carbocycles. The first-order chi connectivity index (χ1) is 10.7. The van der Waals surface area contributed by atoms with E-state index in [1.54, 1.807) is 0 Å². The molecule has 2 aliphatic heterocycles. The van der Waals surface area contributed by atoms with Gasteiger partial charge in [-0.1, -0.05) is 17.7 Å². The Morgan fingerprint density at radius 3 is 2.55 bits per heavy atom. The Hall–Kier alpha value is -1.55. The predicted octanol–water partition coefficient (Wildman–Crippen LogP) is 2.51. The van der Waals surface area contributed by atoms with Crippen molar-refractivity contribution >= 4 is 5.91 Å². The van der Waals surface area contributed by atoms with Crippen molar-refractivity contribution < 1.29 is 9.53 Å². The monoisotopic (exact) mass is 302 g/mol. The molecule has 3 rings (SSSR count). The van der Waals surface area contributed by atoms with Crippen LogP contribution in [0.4, 0.5) is 0 Å². The van der Waals surface area contributed by atoms with Crippen LogP contribution >= 0.6 is 0 Å². The lowest BCUT2D eigenvalue weighted by Gasteiger charge is -2.37. The van der Waals surface area contributed by atoms with Crippen molar-refractivity contribution in [3.05, 3.63) is 29.8 Å². The van der Waals surface area contributed by atoms with E-state index >= 15 is 0 Å². The molecular weight excluding hydrogens is 276 g/mol. The highest BCUT2D eigenvalue weighted by Crippen LogP contribution is 2.23. The summed E-state index contributed by atoms with van der Waals surface area (Å²) in [6.45, 7) is 5.07. The van der Waals surface area contributed by atoms with Crippen LogP contribution in [0.5, 0.6) is 5.75 Å². The van der Waals surface area contributed by atoms with Gasteiger partial charge in [-0.2, -0.15) is 0 Å². The number of rotatable bonds is 3. The standard InChI is InChI=1S/C18H26N2O2/c1-14-2-5-16(6-3-14)22-17-9-12-20(13-10-17)15-4-7-18(21)19-11-8-15/h2-3,5-6,15,17H,4,7-13H2,1H3,(H,19,21)/t15-/m0/s1. The highest BCUT2D eigenvalue weighted by Gasteiger charge is 2.27. The Bertz CT molecular complexity index is 492. The first-order valence-electron chi connectivity index (χ1n) is 8.45. The summed E-state index contributed by atoms with van der Waals surface area (Å²) in [6, 6.07) is 8.87. The van der Waals surface area contributed by atoms with Gasteiger partial charge in [0.05, 0.1) is 0 Å². The molecule has 2 heterocycles. The number of carbonyl (C=O) groups excluding carboxylic acids is 1. The highest BCUT2D eigenvalue weighted by molar-refractivity contribution is 5.76. The SMILES string of the molecule is Cc1ccc(OC2CCN([C@@H]3CCNC(=O)CC3)CC2)cc1. The fourth-order valence-electron chi connectivity index (χ4n) is 3.44. The van der Waals surface area contributed by atoms with E-state index in [0.29, 0.717) is 18.6 Å². The van der Waals surface area contributed by atoms with Crippen molar-refractivity contribution in [1.29, 1.82) is 0 Å². The summed E-state index contributed by atoms with van der Waals surface area (Å²) in [6.07, 6.45) is 5.22. The fourth-order valence-corrected chi connectivity index (χ4v) is 3.44. The molecule has 1 aromatic rings. The largest absolute Gasteiger partial charge is 0.490 e. The zero-order valence-corrected chi connectivity index (χ0v) is 13.4. The number of hydrogen-bond acceptors (Lipinski definition) is 3.